The molecule has 1 saturated heterocycles. The summed E-state index contributed by atoms with van der Waals surface area (Å²) in [5, 5.41) is 23.7. The van der Waals surface area contributed by atoms with E-state index in [2.05, 4.69) is 20.2 Å². The van der Waals surface area contributed by atoms with Gasteiger partial charge in [0.05, 0.1) is 28.2 Å². The number of unbranched alkanes of at least 4 members (excludes halogenated alkanes) is 2. The van der Waals surface area contributed by atoms with Gasteiger partial charge in [0.2, 0.25) is 15.9 Å². The number of rotatable bonds is 14. The number of nitrogens with one attached hydrogen (secondary N) is 2. The van der Waals surface area contributed by atoms with Crippen LogP contribution in [0.3, 0.4) is 0 Å². The van der Waals surface area contributed by atoms with E-state index in [0.29, 0.717) is 43.6 Å². The van der Waals surface area contributed by atoms with Crippen molar-refractivity contribution in [2.75, 3.05) is 57.8 Å². The van der Waals surface area contributed by atoms with Crippen LogP contribution in [-0.2, 0) is 19.6 Å². The Labute approximate surface area is 252 Å². The zero-order chi connectivity index (χ0) is 31.0. The van der Waals surface area contributed by atoms with Crippen LogP contribution >= 0.6 is 0 Å². The van der Waals surface area contributed by atoms with Crippen LogP contribution in [0.25, 0.3) is 10.9 Å². The minimum atomic E-state index is -3.99. The second kappa shape index (κ2) is 14.5. The number of benzene rings is 2. The highest BCUT2D eigenvalue weighted by Gasteiger charge is 2.25. The van der Waals surface area contributed by atoms with Crippen molar-refractivity contribution in [3.05, 3.63) is 48.0 Å². The van der Waals surface area contributed by atoms with Crippen LogP contribution < -0.4 is 10.2 Å². The number of fused-ring (bicyclic) bond motifs is 1. The van der Waals surface area contributed by atoms with Crippen molar-refractivity contribution in [2.45, 2.75) is 37.5 Å². The molecule has 2 aromatic carbocycles. The first-order valence-corrected chi connectivity index (χ1v) is 15.9. The van der Waals surface area contributed by atoms with E-state index < -0.39 is 16.0 Å². The Hall–Kier alpha value is -3.94. The van der Waals surface area contributed by atoms with Crippen molar-refractivity contribution in [3.8, 4) is 5.88 Å². The number of likely N-dealkylation sites (N-methyl/N-ethyl adjacent to an activating group) is 2. The van der Waals surface area contributed by atoms with E-state index in [1.165, 1.54) is 25.4 Å². The Morgan fingerprint density at radius 3 is 2.56 bits per heavy atom. The van der Waals surface area contributed by atoms with Gasteiger partial charge in [-0.05, 0) is 50.1 Å². The lowest BCUT2D eigenvalue weighted by Crippen LogP contribution is -2.43. The van der Waals surface area contributed by atoms with Gasteiger partial charge in [0.25, 0.3) is 0 Å². The predicted octanol–water partition coefficient (Wildman–Crippen LogP) is 3.15. The molecule has 0 spiro atoms. The maximum Gasteiger partial charge on any atom is 0.303 e. The number of nitrogens with zero attached hydrogens (tertiary/aromatic N) is 4. The van der Waals surface area contributed by atoms with Gasteiger partial charge in [0.15, 0.2) is 5.88 Å². The van der Waals surface area contributed by atoms with Gasteiger partial charge in [-0.15, -0.1) is 0 Å². The Bertz CT molecular complexity index is 1560. The Balaban J connectivity index is 1.47. The van der Waals surface area contributed by atoms with Gasteiger partial charge >= 0.3 is 5.97 Å². The van der Waals surface area contributed by atoms with Crippen LogP contribution in [0.4, 0.5) is 11.4 Å². The van der Waals surface area contributed by atoms with Crippen molar-refractivity contribution in [1.29, 1.82) is 0 Å². The summed E-state index contributed by atoms with van der Waals surface area (Å²) in [6.45, 7) is 5.75. The number of aromatic nitrogens is 1. The molecule has 1 amide bonds. The second-order valence-electron chi connectivity index (χ2n) is 10.5. The molecule has 0 bridgehead atoms. The van der Waals surface area contributed by atoms with Gasteiger partial charge in [-0.2, -0.15) is 4.31 Å². The van der Waals surface area contributed by atoms with Gasteiger partial charge < -0.3 is 30.3 Å². The summed E-state index contributed by atoms with van der Waals surface area (Å²) in [5.74, 6) is -1.19. The van der Waals surface area contributed by atoms with E-state index in [1.54, 1.807) is 17.0 Å². The summed E-state index contributed by atoms with van der Waals surface area (Å²) < 4.78 is 27.8. The lowest BCUT2D eigenvalue weighted by molar-refractivity contribution is -0.137. The quantitative estimate of drug-likeness (QED) is 0.160. The summed E-state index contributed by atoms with van der Waals surface area (Å²) in [7, 11) is -2.63. The Morgan fingerprint density at radius 1 is 1.09 bits per heavy atom. The molecule has 0 radical (unpaired) electrons. The lowest BCUT2D eigenvalue weighted by atomic mass is 10.1. The number of carbonyl (C=O) groups excluding carboxylic acids is 1. The van der Waals surface area contributed by atoms with Crippen molar-refractivity contribution in [1.82, 2.24) is 19.5 Å². The van der Waals surface area contributed by atoms with Gasteiger partial charge in [-0.25, -0.2) is 8.42 Å². The number of carbonyl (C=O) groups is 2. The number of aromatic amines is 1. The van der Waals surface area contributed by atoms with Crippen molar-refractivity contribution in [2.24, 2.45) is 4.99 Å². The van der Waals surface area contributed by atoms with Crippen molar-refractivity contribution < 1.29 is 28.2 Å². The fourth-order valence-electron chi connectivity index (χ4n) is 5.17. The Morgan fingerprint density at radius 2 is 1.84 bits per heavy atom. The van der Waals surface area contributed by atoms with Crippen LogP contribution in [0.1, 0.15) is 38.2 Å². The highest BCUT2D eigenvalue weighted by molar-refractivity contribution is 7.89. The van der Waals surface area contributed by atoms with E-state index in [-0.39, 0.29) is 29.6 Å². The van der Waals surface area contributed by atoms with Crippen LogP contribution in [0.15, 0.2) is 52.4 Å². The number of aliphatic carboxylic acids is 1. The van der Waals surface area contributed by atoms with Crippen LogP contribution in [0.5, 0.6) is 5.88 Å². The second-order valence-corrected chi connectivity index (χ2v) is 12.6. The number of hydrogen-bond donors (Lipinski definition) is 4. The van der Waals surface area contributed by atoms with Gasteiger partial charge in [0, 0.05) is 70.0 Å². The fraction of sp³-hybridized carbons (Fsp3) is 0.433. The van der Waals surface area contributed by atoms with Gasteiger partial charge in [-0.3, -0.25) is 14.6 Å². The molecular weight excluding hydrogens is 572 g/mol. The Kier molecular flexibility index (Phi) is 10.8. The normalized spacial score (nSPS) is 14.2. The minimum Gasteiger partial charge on any atom is -0.494 e. The smallest absolute Gasteiger partial charge is 0.303 e. The third-order valence-corrected chi connectivity index (χ3v) is 9.36. The number of carboxylic acids is 1. The number of piperazine rings is 1. The maximum atomic E-state index is 13.4. The number of H-pyrrole nitrogens is 1. The molecule has 4 N–H and O–H groups in total. The van der Waals surface area contributed by atoms with Gasteiger partial charge in [0.1, 0.15) is 0 Å². The molecule has 13 heteroatoms. The number of hydrogen-bond acceptors (Lipinski definition) is 8. The summed E-state index contributed by atoms with van der Waals surface area (Å²) in [6, 6.07) is 12.0. The molecule has 12 nitrogen and oxygen atoms in total. The minimum absolute atomic E-state index is 0.00109. The van der Waals surface area contributed by atoms with E-state index >= 15 is 0 Å². The van der Waals surface area contributed by atoms with Crippen molar-refractivity contribution >= 4 is 50.4 Å². The summed E-state index contributed by atoms with van der Waals surface area (Å²) in [4.78, 5) is 34.9. The van der Waals surface area contributed by atoms with E-state index in [1.807, 2.05) is 25.1 Å². The van der Waals surface area contributed by atoms with Gasteiger partial charge in [-0.1, -0.05) is 18.6 Å². The number of amides is 1. The lowest BCUT2D eigenvalue weighted by Gasteiger charge is -2.30. The molecule has 1 aromatic heterocycles. The van der Waals surface area contributed by atoms with Crippen LogP contribution in [-0.4, -0.2) is 104 Å². The van der Waals surface area contributed by atoms with Crippen molar-refractivity contribution in [3.63, 3.8) is 0 Å². The number of sulfonamides is 1. The summed E-state index contributed by atoms with van der Waals surface area (Å²) in [5.41, 5.74) is 2.66. The molecule has 1 aliphatic rings. The first-order valence-electron chi connectivity index (χ1n) is 14.5. The highest BCUT2D eigenvalue weighted by Crippen LogP contribution is 2.34. The zero-order valence-electron chi connectivity index (χ0n) is 24.6. The number of carboxylic acid groups (broad SMARTS) is 1. The maximum absolute atomic E-state index is 13.4. The largest absolute Gasteiger partial charge is 0.494 e. The number of aromatic hydroxyl groups is 1. The molecule has 4 rings (SSSR count). The van der Waals surface area contributed by atoms with E-state index in [0.717, 1.165) is 47.1 Å². The highest BCUT2D eigenvalue weighted by atomic mass is 32.2. The molecule has 1 aliphatic heterocycles. The van der Waals surface area contributed by atoms with Crippen LogP contribution in [0.2, 0.25) is 0 Å². The molecule has 0 saturated carbocycles. The first kappa shape index (κ1) is 32.0. The molecule has 0 atom stereocenters. The SMILES string of the molecule is CCN(CCCCCC(=O)O)C(=O)CN(C)S(=O)(=O)c1cccc(N=Cc2c(O)[nH]c3cccc(N4CCNCC4)c23)c1. The van der Waals surface area contributed by atoms with Crippen LogP contribution in [0, 0.1) is 0 Å². The summed E-state index contributed by atoms with van der Waals surface area (Å²) in [6.07, 6.45) is 3.47. The fourth-order valence-corrected chi connectivity index (χ4v) is 6.33. The average Bonchev–Trinajstić information content (AvgIpc) is 3.33. The molecule has 3 aromatic rings. The first-order chi connectivity index (χ1) is 20.6. The predicted molar refractivity (Wildman–Crippen MR) is 167 cm³/mol. The zero-order valence-corrected chi connectivity index (χ0v) is 25.4. The summed E-state index contributed by atoms with van der Waals surface area (Å²) >= 11 is 0. The topological polar surface area (TPSA) is 159 Å². The van der Waals surface area contributed by atoms with E-state index in [9.17, 15) is 23.1 Å². The molecule has 1 fully saturated rings. The molecule has 43 heavy (non-hydrogen) atoms. The third kappa shape index (κ3) is 7.92. The molecular formula is C30H40N6O6S. The third-order valence-electron chi connectivity index (χ3n) is 7.56. The number of anilines is 1. The number of aliphatic imine (C=N–C) groups is 1. The molecule has 232 valence electrons. The average molecular weight is 613 g/mol. The molecule has 2 heterocycles. The molecule has 0 aliphatic carbocycles. The molecule has 0 unspecified atom stereocenters. The monoisotopic (exact) mass is 612 g/mol. The van der Waals surface area contributed by atoms with E-state index in [4.69, 9.17) is 5.11 Å². The standard InChI is InChI=1S/C30H40N6O6S/c1-3-35(16-6-4-5-13-28(38)39)27(37)21-34(2)43(41,42)23-10-7-9-22(19-23)32-20-24-29-25(33-30(24)40)11-8-12-26(29)36-17-14-31-15-18-36/h7-12,19-20,31,33,40H,3-6,13-18,21H2,1-2H3,(H,38,39).